The minimum absolute atomic E-state index is 0.101. The highest BCUT2D eigenvalue weighted by Crippen LogP contribution is 2.17. The van der Waals surface area contributed by atoms with Gasteiger partial charge in [0.25, 0.3) is 0 Å². The molecule has 1 aromatic carbocycles. The van der Waals surface area contributed by atoms with Gasteiger partial charge in [-0.15, -0.1) is 0 Å². The third-order valence-corrected chi connectivity index (χ3v) is 2.86. The first-order valence-corrected chi connectivity index (χ1v) is 6.24. The fourth-order valence-corrected chi connectivity index (χ4v) is 1.76. The molecule has 0 saturated heterocycles. The molecule has 0 unspecified atom stereocenters. The van der Waals surface area contributed by atoms with E-state index < -0.39 is 12.1 Å². The molecule has 0 fully saturated rings. The van der Waals surface area contributed by atoms with E-state index in [1.54, 1.807) is 6.92 Å². The first kappa shape index (κ1) is 14.5. The zero-order chi connectivity index (χ0) is 15.2. The van der Waals surface area contributed by atoms with Crippen molar-refractivity contribution in [3.63, 3.8) is 0 Å². The lowest BCUT2D eigenvalue weighted by Crippen LogP contribution is -2.16. The standard InChI is InChI=1S/C15H14N2O4/c1-10-12(7-8-16-13(10)14(18)19)17-15(20)21-9-11-5-3-2-4-6-11/h2-8H,9H2,1H3,(H,18,19)(H,16,17,20). The van der Waals surface area contributed by atoms with Crippen molar-refractivity contribution in [2.45, 2.75) is 13.5 Å². The first-order chi connectivity index (χ1) is 10.1. The van der Waals surface area contributed by atoms with Crippen LogP contribution in [0.5, 0.6) is 0 Å². The third kappa shape index (κ3) is 3.79. The number of carboxylic acids is 1. The lowest BCUT2D eigenvalue weighted by atomic mass is 10.2. The number of anilines is 1. The molecule has 0 bridgehead atoms. The number of hydrogen-bond acceptors (Lipinski definition) is 4. The largest absolute Gasteiger partial charge is 0.477 e. The normalized spacial score (nSPS) is 9.95. The molecule has 0 spiro atoms. The number of rotatable bonds is 4. The molecule has 2 aromatic rings. The summed E-state index contributed by atoms with van der Waals surface area (Å²) in [6.07, 6.45) is 0.674. The summed E-state index contributed by atoms with van der Waals surface area (Å²) in [5.41, 5.74) is 1.50. The molecular formula is C15H14N2O4. The molecule has 0 saturated carbocycles. The highest BCUT2D eigenvalue weighted by molar-refractivity contribution is 5.92. The Morgan fingerprint density at radius 2 is 1.95 bits per heavy atom. The summed E-state index contributed by atoms with van der Waals surface area (Å²) in [5, 5.41) is 11.5. The minimum Gasteiger partial charge on any atom is -0.477 e. The summed E-state index contributed by atoms with van der Waals surface area (Å²) in [4.78, 5) is 26.4. The van der Waals surface area contributed by atoms with Gasteiger partial charge in [0.15, 0.2) is 5.69 Å². The number of benzene rings is 1. The Hall–Kier alpha value is -2.89. The van der Waals surface area contributed by atoms with Gasteiger partial charge < -0.3 is 9.84 Å². The second-order valence-corrected chi connectivity index (χ2v) is 4.32. The van der Waals surface area contributed by atoms with Gasteiger partial charge in [0.1, 0.15) is 6.61 Å². The van der Waals surface area contributed by atoms with Crippen LogP contribution in [0.15, 0.2) is 42.6 Å². The molecule has 6 heteroatoms. The average Bonchev–Trinajstić information content (AvgIpc) is 2.48. The van der Waals surface area contributed by atoms with Crippen LogP contribution < -0.4 is 5.32 Å². The quantitative estimate of drug-likeness (QED) is 0.902. The van der Waals surface area contributed by atoms with Crippen molar-refractivity contribution in [1.29, 1.82) is 0 Å². The Balaban J connectivity index is 2.00. The van der Waals surface area contributed by atoms with Crippen molar-refractivity contribution in [1.82, 2.24) is 4.98 Å². The van der Waals surface area contributed by atoms with Crippen LogP contribution in [0.3, 0.4) is 0 Å². The van der Waals surface area contributed by atoms with E-state index in [0.29, 0.717) is 11.3 Å². The van der Waals surface area contributed by atoms with Crippen molar-refractivity contribution < 1.29 is 19.4 Å². The zero-order valence-corrected chi connectivity index (χ0v) is 11.4. The van der Waals surface area contributed by atoms with Crippen LogP contribution in [0.25, 0.3) is 0 Å². The van der Waals surface area contributed by atoms with Crippen LogP contribution >= 0.6 is 0 Å². The fourth-order valence-electron chi connectivity index (χ4n) is 1.76. The molecule has 0 aliphatic heterocycles. The van der Waals surface area contributed by atoms with Crippen molar-refractivity contribution in [3.05, 3.63) is 59.4 Å². The first-order valence-electron chi connectivity index (χ1n) is 6.24. The van der Waals surface area contributed by atoms with Gasteiger partial charge >= 0.3 is 12.1 Å². The molecule has 0 aliphatic rings. The molecule has 1 aromatic heterocycles. The van der Waals surface area contributed by atoms with E-state index in [1.165, 1.54) is 12.3 Å². The Bertz CT molecular complexity index is 656. The molecular weight excluding hydrogens is 272 g/mol. The number of pyridine rings is 1. The minimum atomic E-state index is -1.14. The predicted octanol–water partition coefficient (Wildman–Crippen LogP) is 2.84. The summed E-state index contributed by atoms with van der Waals surface area (Å²) in [7, 11) is 0. The number of aromatic nitrogens is 1. The summed E-state index contributed by atoms with van der Waals surface area (Å²) < 4.78 is 5.07. The molecule has 0 radical (unpaired) electrons. The van der Waals surface area contributed by atoms with Crippen LogP contribution in [-0.4, -0.2) is 22.2 Å². The number of aromatic carboxylic acids is 1. The molecule has 0 aliphatic carbocycles. The molecule has 1 amide bonds. The van der Waals surface area contributed by atoms with Crippen LogP contribution in [-0.2, 0) is 11.3 Å². The van der Waals surface area contributed by atoms with Gasteiger partial charge in [-0.05, 0) is 18.6 Å². The van der Waals surface area contributed by atoms with E-state index in [-0.39, 0.29) is 12.3 Å². The number of carbonyl (C=O) groups excluding carboxylic acids is 1. The van der Waals surface area contributed by atoms with E-state index in [0.717, 1.165) is 5.56 Å². The number of ether oxygens (including phenoxy) is 1. The number of nitrogens with one attached hydrogen (secondary N) is 1. The fraction of sp³-hybridized carbons (Fsp3) is 0.133. The summed E-state index contributed by atoms with van der Waals surface area (Å²) in [6.45, 7) is 1.71. The molecule has 2 N–H and O–H groups in total. The number of amides is 1. The van der Waals surface area contributed by atoms with Gasteiger partial charge in [-0.25, -0.2) is 14.6 Å². The van der Waals surface area contributed by atoms with Gasteiger partial charge in [0, 0.05) is 11.8 Å². The highest BCUT2D eigenvalue weighted by Gasteiger charge is 2.13. The van der Waals surface area contributed by atoms with Crippen molar-refractivity contribution >= 4 is 17.7 Å². The second-order valence-electron chi connectivity index (χ2n) is 4.32. The van der Waals surface area contributed by atoms with Crippen molar-refractivity contribution in [2.75, 3.05) is 5.32 Å². The van der Waals surface area contributed by atoms with Crippen molar-refractivity contribution in [2.24, 2.45) is 0 Å². The highest BCUT2D eigenvalue weighted by atomic mass is 16.5. The average molecular weight is 286 g/mol. The lowest BCUT2D eigenvalue weighted by Gasteiger charge is -2.10. The number of nitrogens with zero attached hydrogens (tertiary/aromatic N) is 1. The third-order valence-electron chi connectivity index (χ3n) is 2.86. The Morgan fingerprint density at radius 1 is 1.24 bits per heavy atom. The molecule has 21 heavy (non-hydrogen) atoms. The summed E-state index contributed by atoms with van der Waals surface area (Å²) in [6, 6.07) is 10.8. The van der Waals surface area contributed by atoms with Gasteiger partial charge in [-0.2, -0.15) is 0 Å². The zero-order valence-electron chi connectivity index (χ0n) is 11.4. The van der Waals surface area contributed by atoms with E-state index >= 15 is 0 Å². The molecule has 6 nitrogen and oxygen atoms in total. The van der Waals surface area contributed by atoms with E-state index in [9.17, 15) is 9.59 Å². The number of hydrogen-bond donors (Lipinski definition) is 2. The topological polar surface area (TPSA) is 88.5 Å². The van der Waals surface area contributed by atoms with E-state index in [2.05, 4.69) is 10.3 Å². The molecule has 2 rings (SSSR count). The van der Waals surface area contributed by atoms with E-state index in [4.69, 9.17) is 9.84 Å². The smallest absolute Gasteiger partial charge is 0.411 e. The van der Waals surface area contributed by atoms with Crippen LogP contribution in [0.4, 0.5) is 10.5 Å². The molecule has 108 valence electrons. The maximum atomic E-state index is 11.7. The SMILES string of the molecule is Cc1c(NC(=O)OCc2ccccc2)ccnc1C(=O)O. The van der Waals surface area contributed by atoms with Crippen molar-refractivity contribution in [3.8, 4) is 0 Å². The van der Waals surface area contributed by atoms with Crippen LogP contribution in [0.1, 0.15) is 21.6 Å². The number of carbonyl (C=O) groups is 2. The molecule has 0 atom stereocenters. The maximum absolute atomic E-state index is 11.7. The van der Waals surface area contributed by atoms with Gasteiger partial charge in [-0.3, -0.25) is 5.32 Å². The second kappa shape index (κ2) is 6.51. The van der Waals surface area contributed by atoms with Gasteiger partial charge in [-0.1, -0.05) is 30.3 Å². The summed E-state index contributed by atoms with van der Waals surface area (Å²) >= 11 is 0. The Kier molecular flexibility index (Phi) is 4.50. The number of carboxylic acid groups (broad SMARTS) is 1. The summed E-state index contributed by atoms with van der Waals surface area (Å²) in [5.74, 6) is -1.14. The Labute approximate surface area is 121 Å². The predicted molar refractivity (Wildman–Crippen MR) is 76.2 cm³/mol. The maximum Gasteiger partial charge on any atom is 0.411 e. The lowest BCUT2D eigenvalue weighted by molar-refractivity contribution is 0.0689. The van der Waals surface area contributed by atoms with Gasteiger partial charge in [0.05, 0.1) is 5.69 Å². The van der Waals surface area contributed by atoms with Crippen LogP contribution in [0, 0.1) is 6.92 Å². The van der Waals surface area contributed by atoms with E-state index in [1.807, 2.05) is 30.3 Å². The van der Waals surface area contributed by atoms with Crippen LogP contribution in [0.2, 0.25) is 0 Å². The Morgan fingerprint density at radius 3 is 2.62 bits per heavy atom. The molecule has 1 heterocycles. The van der Waals surface area contributed by atoms with Gasteiger partial charge in [0.2, 0.25) is 0 Å². The monoisotopic (exact) mass is 286 g/mol.